The molecule has 1 N–H and O–H groups in total. The third-order valence-electron chi connectivity index (χ3n) is 2.70. The summed E-state index contributed by atoms with van der Waals surface area (Å²) in [5.74, 6) is -2.02. The second-order valence-corrected chi connectivity index (χ2v) is 7.74. The molecule has 1 amide bonds. The molecule has 0 spiro atoms. The third-order valence-corrected chi connectivity index (χ3v) is 5.19. The first-order chi connectivity index (χ1) is 11.3. The number of fused-ring (bicyclic) bond motifs is 1. The highest BCUT2D eigenvalue weighted by Crippen LogP contribution is 2.37. The molecule has 11 heteroatoms. The molecule has 24 heavy (non-hydrogen) atoms. The van der Waals surface area contributed by atoms with Crippen LogP contribution in [-0.4, -0.2) is 17.1 Å². The predicted molar refractivity (Wildman–Crippen MR) is 90.5 cm³/mol. The molecule has 124 valence electrons. The minimum Gasteiger partial charge on any atom is -0.318 e. The monoisotopic (exact) mass is 434 g/mol. The number of carbonyl (C=O) groups excluding carboxylic acids is 1. The van der Waals surface area contributed by atoms with E-state index < -0.39 is 12.1 Å². The third kappa shape index (κ3) is 3.97. The van der Waals surface area contributed by atoms with Crippen molar-refractivity contribution < 1.29 is 18.0 Å². The van der Waals surface area contributed by atoms with Gasteiger partial charge in [0, 0.05) is 5.69 Å². The maximum atomic E-state index is 12.2. The lowest BCUT2D eigenvalue weighted by Gasteiger charge is -2.07. The quantitative estimate of drug-likeness (QED) is 0.510. The van der Waals surface area contributed by atoms with E-state index in [4.69, 9.17) is 0 Å². The second-order valence-electron chi connectivity index (χ2n) is 4.42. The standard InChI is InChI=1S/C13H6BrF3N4OS2/c14-12-19-10-8(23-12)5-9(24-10)21-20-7-3-1-6(2-4-7)18-11(22)13(15,16)17/h1-5H,(H,18,22). The van der Waals surface area contributed by atoms with E-state index >= 15 is 0 Å². The van der Waals surface area contributed by atoms with Gasteiger partial charge < -0.3 is 5.32 Å². The van der Waals surface area contributed by atoms with E-state index in [0.29, 0.717) is 10.7 Å². The molecule has 0 aliphatic rings. The maximum absolute atomic E-state index is 12.2. The van der Waals surface area contributed by atoms with Gasteiger partial charge in [0.05, 0.1) is 10.4 Å². The Morgan fingerprint density at radius 2 is 1.88 bits per heavy atom. The van der Waals surface area contributed by atoms with Crippen molar-refractivity contribution in [3.8, 4) is 0 Å². The number of azo groups is 1. The van der Waals surface area contributed by atoms with Crippen LogP contribution in [0.1, 0.15) is 0 Å². The minimum absolute atomic E-state index is 0.0296. The molecule has 0 aliphatic carbocycles. The van der Waals surface area contributed by atoms with Crippen LogP contribution in [0, 0.1) is 0 Å². The fourth-order valence-electron chi connectivity index (χ4n) is 1.67. The van der Waals surface area contributed by atoms with E-state index in [-0.39, 0.29) is 5.69 Å². The number of amides is 1. The molecule has 2 heterocycles. The second kappa shape index (κ2) is 6.57. The van der Waals surface area contributed by atoms with Crippen LogP contribution in [0.25, 0.3) is 9.53 Å². The number of rotatable bonds is 3. The molecule has 5 nitrogen and oxygen atoms in total. The van der Waals surface area contributed by atoms with Crippen LogP contribution in [0.4, 0.5) is 29.5 Å². The highest BCUT2D eigenvalue weighted by Gasteiger charge is 2.38. The summed E-state index contributed by atoms with van der Waals surface area (Å²) in [6, 6.07) is 7.41. The molecule has 0 unspecified atom stereocenters. The van der Waals surface area contributed by atoms with Crippen LogP contribution in [0.5, 0.6) is 0 Å². The lowest BCUT2D eigenvalue weighted by atomic mass is 10.3. The SMILES string of the molecule is O=C(Nc1ccc(N=Nc2cc3sc(Br)nc3s2)cc1)C(F)(F)F. The largest absolute Gasteiger partial charge is 0.471 e. The molecule has 2 aromatic heterocycles. The van der Waals surface area contributed by atoms with Crippen LogP contribution in [0.15, 0.2) is 44.5 Å². The molecule has 3 rings (SSSR count). The zero-order valence-electron chi connectivity index (χ0n) is 11.5. The number of carbonyl (C=O) groups is 1. The van der Waals surface area contributed by atoms with Crippen LogP contribution < -0.4 is 5.32 Å². The van der Waals surface area contributed by atoms with Gasteiger partial charge in [-0.1, -0.05) is 11.3 Å². The number of halogens is 4. The number of hydrogen-bond donors (Lipinski definition) is 1. The molecular formula is C13H6BrF3N4OS2. The summed E-state index contributed by atoms with van der Waals surface area (Å²) in [7, 11) is 0. The molecule has 0 saturated carbocycles. The topological polar surface area (TPSA) is 66.7 Å². The van der Waals surface area contributed by atoms with Crippen molar-refractivity contribution in [3.05, 3.63) is 34.2 Å². The summed E-state index contributed by atoms with van der Waals surface area (Å²) < 4.78 is 38.3. The van der Waals surface area contributed by atoms with Crippen molar-refractivity contribution in [3.63, 3.8) is 0 Å². The van der Waals surface area contributed by atoms with E-state index in [1.54, 1.807) is 5.32 Å². The highest BCUT2D eigenvalue weighted by molar-refractivity contribution is 9.11. The minimum atomic E-state index is -4.92. The zero-order valence-corrected chi connectivity index (χ0v) is 14.7. The number of benzene rings is 1. The number of alkyl halides is 3. The zero-order chi connectivity index (χ0) is 17.3. The molecule has 0 radical (unpaired) electrons. The van der Waals surface area contributed by atoms with E-state index in [2.05, 4.69) is 31.1 Å². The van der Waals surface area contributed by atoms with Gasteiger partial charge in [0.1, 0.15) is 9.83 Å². The lowest BCUT2D eigenvalue weighted by molar-refractivity contribution is -0.167. The van der Waals surface area contributed by atoms with Crippen LogP contribution >= 0.6 is 38.6 Å². The van der Waals surface area contributed by atoms with E-state index in [0.717, 1.165) is 13.4 Å². The van der Waals surface area contributed by atoms with E-state index in [1.165, 1.54) is 46.9 Å². The van der Waals surface area contributed by atoms with Crippen molar-refractivity contribution in [1.82, 2.24) is 4.98 Å². The van der Waals surface area contributed by atoms with Gasteiger partial charge in [0.25, 0.3) is 0 Å². The van der Waals surface area contributed by atoms with Gasteiger partial charge >= 0.3 is 12.1 Å². The van der Waals surface area contributed by atoms with E-state index in [9.17, 15) is 18.0 Å². The smallest absolute Gasteiger partial charge is 0.318 e. The predicted octanol–water partition coefficient (Wildman–Crippen LogP) is 6.04. The Labute approximate surface area is 149 Å². The molecule has 3 aromatic rings. The number of hydrogen-bond acceptors (Lipinski definition) is 6. The van der Waals surface area contributed by atoms with Crippen molar-refractivity contribution in [2.24, 2.45) is 10.2 Å². The number of aromatic nitrogens is 1. The summed E-state index contributed by atoms with van der Waals surface area (Å²) in [5.41, 5.74) is 0.480. The summed E-state index contributed by atoms with van der Waals surface area (Å²) >= 11 is 6.16. The molecule has 0 saturated heterocycles. The van der Waals surface area contributed by atoms with Crippen molar-refractivity contribution in [1.29, 1.82) is 0 Å². The first-order valence-corrected chi connectivity index (χ1v) is 8.70. The van der Waals surface area contributed by atoms with Crippen molar-refractivity contribution in [2.45, 2.75) is 6.18 Å². The van der Waals surface area contributed by atoms with Gasteiger partial charge in [-0.05, 0) is 46.3 Å². The first-order valence-electron chi connectivity index (χ1n) is 6.27. The van der Waals surface area contributed by atoms with Crippen LogP contribution in [0.3, 0.4) is 0 Å². The van der Waals surface area contributed by atoms with Crippen molar-refractivity contribution in [2.75, 3.05) is 5.32 Å². The van der Waals surface area contributed by atoms with Gasteiger partial charge in [-0.15, -0.1) is 21.6 Å². The fraction of sp³-hybridized carbons (Fsp3) is 0.0769. The Balaban J connectivity index is 1.69. The Kier molecular flexibility index (Phi) is 4.65. The number of nitrogens with zero attached hydrogens (tertiary/aromatic N) is 3. The fourth-order valence-corrected chi connectivity index (χ4v) is 4.24. The number of thiazole rings is 1. The lowest BCUT2D eigenvalue weighted by Crippen LogP contribution is -2.29. The van der Waals surface area contributed by atoms with Gasteiger partial charge in [-0.2, -0.15) is 13.2 Å². The Morgan fingerprint density at radius 1 is 1.17 bits per heavy atom. The van der Waals surface area contributed by atoms with Gasteiger partial charge in [0.15, 0.2) is 3.92 Å². The van der Waals surface area contributed by atoms with Gasteiger partial charge in [0.2, 0.25) is 0 Å². The summed E-state index contributed by atoms with van der Waals surface area (Å²) in [4.78, 5) is 15.9. The number of thiophene rings is 1. The van der Waals surface area contributed by atoms with Crippen LogP contribution in [-0.2, 0) is 4.79 Å². The number of nitrogens with one attached hydrogen (secondary N) is 1. The molecular weight excluding hydrogens is 429 g/mol. The Bertz CT molecular complexity index is 886. The molecule has 0 fully saturated rings. The van der Waals surface area contributed by atoms with Gasteiger partial charge in [-0.25, -0.2) is 4.98 Å². The molecule has 0 bridgehead atoms. The Hall–Kier alpha value is -1.85. The highest BCUT2D eigenvalue weighted by atomic mass is 79.9. The average molecular weight is 435 g/mol. The Morgan fingerprint density at radius 3 is 2.50 bits per heavy atom. The molecule has 0 atom stereocenters. The molecule has 1 aromatic carbocycles. The van der Waals surface area contributed by atoms with E-state index in [1.807, 2.05) is 6.07 Å². The number of anilines is 1. The average Bonchev–Trinajstić information content (AvgIpc) is 3.02. The maximum Gasteiger partial charge on any atom is 0.471 e. The summed E-state index contributed by atoms with van der Waals surface area (Å²) in [6.07, 6.45) is -4.92. The van der Waals surface area contributed by atoms with Crippen molar-refractivity contribution >= 4 is 70.4 Å². The van der Waals surface area contributed by atoms with Crippen LogP contribution in [0.2, 0.25) is 0 Å². The van der Waals surface area contributed by atoms with Gasteiger partial charge in [-0.3, -0.25) is 4.79 Å². The summed E-state index contributed by atoms with van der Waals surface area (Å²) in [6.45, 7) is 0. The first kappa shape index (κ1) is 17.0. The normalized spacial score (nSPS) is 12.2. The molecule has 0 aliphatic heterocycles. The summed E-state index contributed by atoms with van der Waals surface area (Å²) in [5, 5.41) is 10.5.